The van der Waals surface area contributed by atoms with Crippen molar-refractivity contribution in [3.63, 3.8) is 0 Å². The third kappa shape index (κ3) is 7.49. The molecule has 7 nitrogen and oxygen atoms in total. The van der Waals surface area contributed by atoms with E-state index < -0.39 is 11.6 Å². The minimum atomic E-state index is -0.600. The standard InChI is InChI=1S/C19H28F2N4O3/c1-28-12-7-23-19(27)14-25-10-8-24(9-11-25)13-18(26)22-6-5-15-16(20)3-2-4-17(15)21/h2-4H,5-14H2,1H3,(H,22,26)(H,23,27). The SMILES string of the molecule is COCCNC(=O)CN1CCN(CC(=O)NCCc2c(F)cccc2F)CC1. The Morgan fingerprint density at radius 2 is 1.46 bits per heavy atom. The number of halogens is 2. The van der Waals surface area contributed by atoms with Crippen molar-refractivity contribution in [1.82, 2.24) is 20.4 Å². The third-order valence-electron chi connectivity index (χ3n) is 4.59. The Hall–Kier alpha value is -2.10. The number of amides is 2. The average molecular weight is 398 g/mol. The second-order valence-electron chi connectivity index (χ2n) is 6.70. The van der Waals surface area contributed by atoms with Gasteiger partial charge in [0.2, 0.25) is 11.8 Å². The molecule has 1 saturated heterocycles. The smallest absolute Gasteiger partial charge is 0.234 e. The largest absolute Gasteiger partial charge is 0.383 e. The first-order valence-electron chi connectivity index (χ1n) is 9.39. The Labute approximate surface area is 164 Å². The van der Waals surface area contributed by atoms with Crippen molar-refractivity contribution in [2.45, 2.75) is 6.42 Å². The van der Waals surface area contributed by atoms with Gasteiger partial charge in [-0.2, -0.15) is 0 Å². The van der Waals surface area contributed by atoms with E-state index in [2.05, 4.69) is 10.6 Å². The molecular weight excluding hydrogens is 370 g/mol. The fraction of sp³-hybridized carbons (Fsp3) is 0.579. The van der Waals surface area contributed by atoms with Crippen LogP contribution in [0.15, 0.2) is 18.2 Å². The number of methoxy groups -OCH3 is 1. The van der Waals surface area contributed by atoms with Crippen molar-refractivity contribution in [1.29, 1.82) is 0 Å². The topological polar surface area (TPSA) is 73.9 Å². The van der Waals surface area contributed by atoms with E-state index in [1.54, 1.807) is 7.11 Å². The number of nitrogens with zero attached hydrogens (tertiary/aromatic N) is 2. The Kier molecular flexibility index (Phi) is 9.26. The van der Waals surface area contributed by atoms with Crippen LogP contribution in [0, 0.1) is 11.6 Å². The van der Waals surface area contributed by atoms with Gasteiger partial charge in [0.25, 0.3) is 0 Å². The molecule has 0 saturated carbocycles. The van der Waals surface area contributed by atoms with Gasteiger partial charge < -0.3 is 15.4 Å². The summed E-state index contributed by atoms with van der Waals surface area (Å²) in [6.07, 6.45) is 0.107. The summed E-state index contributed by atoms with van der Waals surface area (Å²) in [7, 11) is 1.58. The Bertz CT molecular complexity index is 632. The molecule has 1 aromatic rings. The summed E-state index contributed by atoms with van der Waals surface area (Å²) in [5, 5.41) is 5.48. The molecule has 0 aromatic heterocycles. The van der Waals surface area contributed by atoms with Crippen LogP contribution in [0.1, 0.15) is 5.56 Å². The second kappa shape index (κ2) is 11.7. The molecule has 0 spiro atoms. The molecule has 1 aliphatic heterocycles. The molecule has 2 amide bonds. The van der Waals surface area contributed by atoms with Gasteiger partial charge in [0.1, 0.15) is 11.6 Å². The maximum absolute atomic E-state index is 13.6. The zero-order valence-corrected chi connectivity index (χ0v) is 16.2. The Morgan fingerprint density at radius 3 is 1.96 bits per heavy atom. The predicted octanol–water partition coefficient (Wildman–Crippen LogP) is 0.00370. The van der Waals surface area contributed by atoms with E-state index >= 15 is 0 Å². The number of hydrogen-bond acceptors (Lipinski definition) is 5. The highest BCUT2D eigenvalue weighted by molar-refractivity contribution is 5.78. The van der Waals surface area contributed by atoms with Crippen LogP contribution in [0.2, 0.25) is 0 Å². The zero-order valence-electron chi connectivity index (χ0n) is 16.2. The van der Waals surface area contributed by atoms with Gasteiger partial charge >= 0.3 is 0 Å². The van der Waals surface area contributed by atoms with E-state index in [0.29, 0.717) is 45.9 Å². The van der Waals surface area contributed by atoms with Crippen LogP contribution in [0.3, 0.4) is 0 Å². The number of carbonyl (C=O) groups excluding carboxylic acids is 2. The van der Waals surface area contributed by atoms with Gasteiger partial charge in [-0.1, -0.05) is 6.07 Å². The molecule has 2 rings (SSSR count). The van der Waals surface area contributed by atoms with Gasteiger partial charge in [0, 0.05) is 51.9 Å². The lowest BCUT2D eigenvalue weighted by Crippen LogP contribution is -2.51. The molecule has 1 aromatic carbocycles. The minimum absolute atomic E-state index is 0.0137. The Balaban J connectivity index is 1.62. The quantitative estimate of drug-likeness (QED) is 0.543. The van der Waals surface area contributed by atoms with Crippen molar-refractivity contribution >= 4 is 11.8 Å². The van der Waals surface area contributed by atoms with Crippen molar-refractivity contribution in [3.8, 4) is 0 Å². The van der Waals surface area contributed by atoms with Gasteiger partial charge in [-0.3, -0.25) is 19.4 Å². The van der Waals surface area contributed by atoms with E-state index in [-0.39, 0.29) is 36.9 Å². The van der Waals surface area contributed by atoms with Crippen LogP contribution in [-0.2, 0) is 20.7 Å². The molecule has 2 N–H and O–H groups in total. The lowest BCUT2D eigenvalue weighted by Gasteiger charge is -2.33. The summed E-state index contributed by atoms with van der Waals surface area (Å²) in [5.41, 5.74) is -0.0137. The van der Waals surface area contributed by atoms with Crippen molar-refractivity contribution in [2.24, 2.45) is 0 Å². The molecule has 28 heavy (non-hydrogen) atoms. The van der Waals surface area contributed by atoms with Crippen LogP contribution in [0.4, 0.5) is 8.78 Å². The zero-order chi connectivity index (χ0) is 20.4. The number of ether oxygens (including phenoxy) is 1. The van der Waals surface area contributed by atoms with Gasteiger partial charge in [-0.05, 0) is 18.6 Å². The predicted molar refractivity (Wildman–Crippen MR) is 101 cm³/mol. The van der Waals surface area contributed by atoms with Gasteiger partial charge in [-0.15, -0.1) is 0 Å². The monoisotopic (exact) mass is 398 g/mol. The molecular formula is C19H28F2N4O3. The molecule has 0 radical (unpaired) electrons. The van der Waals surface area contributed by atoms with Crippen LogP contribution >= 0.6 is 0 Å². The lowest BCUT2D eigenvalue weighted by molar-refractivity contribution is -0.125. The van der Waals surface area contributed by atoms with E-state index in [1.165, 1.54) is 18.2 Å². The van der Waals surface area contributed by atoms with E-state index in [9.17, 15) is 18.4 Å². The number of piperazine rings is 1. The van der Waals surface area contributed by atoms with Crippen molar-refractivity contribution in [3.05, 3.63) is 35.4 Å². The van der Waals surface area contributed by atoms with Gasteiger partial charge in [-0.25, -0.2) is 8.78 Å². The first kappa shape index (κ1) is 22.2. The van der Waals surface area contributed by atoms with Crippen molar-refractivity contribution < 1.29 is 23.1 Å². The first-order valence-corrected chi connectivity index (χ1v) is 9.39. The fourth-order valence-electron chi connectivity index (χ4n) is 3.01. The summed E-state index contributed by atoms with van der Waals surface area (Å²) in [6, 6.07) is 3.73. The van der Waals surface area contributed by atoms with E-state index in [0.717, 1.165) is 0 Å². The van der Waals surface area contributed by atoms with Crippen LogP contribution in [0.25, 0.3) is 0 Å². The van der Waals surface area contributed by atoms with Crippen molar-refractivity contribution in [2.75, 3.05) is 66.1 Å². The molecule has 1 fully saturated rings. The summed E-state index contributed by atoms with van der Waals surface area (Å²) >= 11 is 0. The minimum Gasteiger partial charge on any atom is -0.383 e. The molecule has 1 aliphatic rings. The Morgan fingerprint density at radius 1 is 0.964 bits per heavy atom. The maximum atomic E-state index is 13.6. The van der Waals surface area contributed by atoms with Crippen LogP contribution in [-0.4, -0.2) is 87.7 Å². The summed E-state index contributed by atoms with van der Waals surface area (Å²) in [6.45, 7) is 4.48. The summed E-state index contributed by atoms with van der Waals surface area (Å²) < 4.78 is 32.0. The highest BCUT2D eigenvalue weighted by atomic mass is 19.1. The number of nitrogens with one attached hydrogen (secondary N) is 2. The molecule has 1 heterocycles. The molecule has 156 valence electrons. The fourth-order valence-corrected chi connectivity index (χ4v) is 3.01. The number of hydrogen-bond donors (Lipinski definition) is 2. The van der Waals surface area contributed by atoms with Crippen LogP contribution in [0.5, 0.6) is 0 Å². The normalized spacial score (nSPS) is 15.4. The second-order valence-corrected chi connectivity index (χ2v) is 6.70. The number of carbonyl (C=O) groups is 2. The molecule has 0 aliphatic carbocycles. The van der Waals surface area contributed by atoms with Crippen LogP contribution < -0.4 is 10.6 Å². The number of rotatable bonds is 10. The third-order valence-corrected chi connectivity index (χ3v) is 4.59. The van der Waals surface area contributed by atoms with Gasteiger partial charge in [0.15, 0.2) is 0 Å². The molecule has 9 heteroatoms. The summed E-state index contributed by atoms with van der Waals surface area (Å²) in [4.78, 5) is 27.9. The van der Waals surface area contributed by atoms with E-state index in [1.807, 2.05) is 9.80 Å². The molecule has 0 atom stereocenters. The van der Waals surface area contributed by atoms with E-state index in [4.69, 9.17) is 4.74 Å². The number of benzene rings is 1. The molecule has 0 bridgehead atoms. The van der Waals surface area contributed by atoms with Gasteiger partial charge in [0.05, 0.1) is 19.7 Å². The first-order chi connectivity index (χ1) is 13.5. The highest BCUT2D eigenvalue weighted by Gasteiger charge is 2.20. The molecule has 0 unspecified atom stereocenters. The summed E-state index contributed by atoms with van der Waals surface area (Å²) in [5.74, 6) is -1.42. The maximum Gasteiger partial charge on any atom is 0.234 e. The average Bonchev–Trinajstić information content (AvgIpc) is 2.66. The lowest BCUT2D eigenvalue weighted by atomic mass is 10.1. The highest BCUT2D eigenvalue weighted by Crippen LogP contribution is 2.12.